The monoisotopic (exact) mass is 324 g/mol. The SMILES string of the molecule is Cc1cccc(S(=O)(=O)N2CCOC[C@]3(CCN(C)C3)C2)c1. The summed E-state index contributed by atoms with van der Waals surface area (Å²) in [4.78, 5) is 2.64. The molecular formula is C16H24N2O3S. The van der Waals surface area contributed by atoms with E-state index < -0.39 is 10.0 Å². The van der Waals surface area contributed by atoms with Crippen LogP contribution in [0.2, 0.25) is 0 Å². The maximum Gasteiger partial charge on any atom is 0.243 e. The van der Waals surface area contributed by atoms with E-state index in [4.69, 9.17) is 4.74 Å². The van der Waals surface area contributed by atoms with Gasteiger partial charge in [0.1, 0.15) is 0 Å². The van der Waals surface area contributed by atoms with Crippen LogP contribution in [0.3, 0.4) is 0 Å². The number of nitrogens with zero attached hydrogens (tertiary/aromatic N) is 2. The first kappa shape index (κ1) is 15.9. The third kappa shape index (κ3) is 3.06. The van der Waals surface area contributed by atoms with E-state index in [1.807, 2.05) is 13.0 Å². The van der Waals surface area contributed by atoms with Crippen molar-refractivity contribution in [1.29, 1.82) is 0 Å². The first-order valence-electron chi connectivity index (χ1n) is 7.75. The van der Waals surface area contributed by atoms with Crippen LogP contribution in [-0.4, -0.2) is 64.1 Å². The van der Waals surface area contributed by atoms with Crippen LogP contribution in [0.4, 0.5) is 0 Å². The Morgan fingerprint density at radius 2 is 2.05 bits per heavy atom. The van der Waals surface area contributed by atoms with Crippen molar-refractivity contribution in [3.05, 3.63) is 29.8 Å². The molecule has 0 saturated carbocycles. The van der Waals surface area contributed by atoms with E-state index in [1.165, 1.54) is 0 Å². The Balaban J connectivity index is 1.89. The Morgan fingerprint density at radius 3 is 2.73 bits per heavy atom. The minimum Gasteiger partial charge on any atom is -0.379 e. The molecule has 22 heavy (non-hydrogen) atoms. The van der Waals surface area contributed by atoms with Gasteiger partial charge in [-0.2, -0.15) is 4.31 Å². The normalized spacial score (nSPS) is 28.1. The molecule has 2 aliphatic rings. The zero-order chi connectivity index (χ0) is 15.8. The number of ether oxygens (including phenoxy) is 1. The second-order valence-electron chi connectivity index (χ2n) is 6.70. The minimum absolute atomic E-state index is 0.0673. The second-order valence-corrected chi connectivity index (χ2v) is 8.63. The third-order valence-electron chi connectivity index (χ3n) is 4.66. The van der Waals surface area contributed by atoms with Crippen LogP contribution in [0.1, 0.15) is 12.0 Å². The third-order valence-corrected chi connectivity index (χ3v) is 6.50. The maximum atomic E-state index is 13.0. The van der Waals surface area contributed by atoms with Gasteiger partial charge >= 0.3 is 0 Å². The van der Waals surface area contributed by atoms with Crippen molar-refractivity contribution >= 4 is 10.0 Å². The van der Waals surface area contributed by atoms with Crippen molar-refractivity contribution in [3.63, 3.8) is 0 Å². The zero-order valence-electron chi connectivity index (χ0n) is 13.3. The van der Waals surface area contributed by atoms with E-state index in [2.05, 4.69) is 11.9 Å². The molecule has 1 aromatic rings. The fourth-order valence-corrected chi connectivity index (χ4v) is 5.13. The summed E-state index contributed by atoms with van der Waals surface area (Å²) in [5.41, 5.74) is 0.893. The summed E-state index contributed by atoms with van der Waals surface area (Å²) in [6, 6.07) is 7.14. The fourth-order valence-electron chi connectivity index (χ4n) is 3.49. The quantitative estimate of drug-likeness (QED) is 0.824. The highest BCUT2D eigenvalue weighted by atomic mass is 32.2. The largest absolute Gasteiger partial charge is 0.379 e. The van der Waals surface area contributed by atoms with Crippen LogP contribution >= 0.6 is 0 Å². The molecule has 0 aliphatic carbocycles. The van der Waals surface area contributed by atoms with E-state index >= 15 is 0 Å². The predicted molar refractivity (Wildman–Crippen MR) is 85.3 cm³/mol. The maximum absolute atomic E-state index is 13.0. The lowest BCUT2D eigenvalue weighted by atomic mass is 9.88. The number of likely N-dealkylation sites (tertiary alicyclic amines) is 1. The van der Waals surface area contributed by atoms with Crippen LogP contribution in [0.5, 0.6) is 0 Å². The highest BCUT2D eigenvalue weighted by Gasteiger charge is 2.42. The van der Waals surface area contributed by atoms with Gasteiger partial charge in [-0.25, -0.2) is 8.42 Å². The summed E-state index contributed by atoms with van der Waals surface area (Å²) in [7, 11) is -1.37. The molecule has 6 heteroatoms. The molecule has 0 aromatic heterocycles. The van der Waals surface area contributed by atoms with Crippen LogP contribution < -0.4 is 0 Å². The lowest BCUT2D eigenvalue weighted by molar-refractivity contribution is 0.0744. The predicted octanol–water partition coefficient (Wildman–Crippen LogP) is 1.34. The first-order valence-corrected chi connectivity index (χ1v) is 9.19. The van der Waals surface area contributed by atoms with Gasteiger partial charge in [0.15, 0.2) is 0 Å². The molecule has 1 spiro atoms. The summed E-state index contributed by atoms with van der Waals surface area (Å²) >= 11 is 0. The molecule has 1 atom stereocenters. The average molecular weight is 324 g/mol. The molecule has 1 aromatic carbocycles. The molecule has 0 amide bonds. The summed E-state index contributed by atoms with van der Waals surface area (Å²) in [5.74, 6) is 0. The van der Waals surface area contributed by atoms with E-state index in [0.29, 0.717) is 31.2 Å². The van der Waals surface area contributed by atoms with E-state index in [1.54, 1.807) is 22.5 Å². The van der Waals surface area contributed by atoms with E-state index in [9.17, 15) is 8.42 Å². The second kappa shape index (κ2) is 5.92. The number of hydrogen-bond donors (Lipinski definition) is 0. The van der Waals surface area contributed by atoms with Crippen molar-refractivity contribution in [2.75, 3.05) is 46.4 Å². The molecule has 2 fully saturated rings. The number of rotatable bonds is 2. The summed E-state index contributed by atoms with van der Waals surface area (Å²) < 4.78 is 33.3. The summed E-state index contributed by atoms with van der Waals surface area (Å²) in [6.45, 7) is 5.91. The summed E-state index contributed by atoms with van der Waals surface area (Å²) in [6.07, 6.45) is 0.989. The highest BCUT2D eigenvalue weighted by Crippen LogP contribution is 2.34. The molecule has 2 heterocycles. The Bertz CT molecular complexity index is 647. The van der Waals surface area contributed by atoms with Gasteiger partial charge in [-0.3, -0.25) is 0 Å². The van der Waals surface area contributed by atoms with Crippen molar-refractivity contribution in [2.24, 2.45) is 5.41 Å². The molecule has 0 unspecified atom stereocenters. The Kier molecular flexibility index (Phi) is 4.29. The van der Waals surface area contributed by atoms with Crippen LogP contribution in [0, 0.1) is 12.3 Å². The number of sulfonamides is 1. The molecule has 0 radical (unpaired) electrons. The van der Waals surface area contributed by atoms with Gasteiger partial charge in [0.2, 0.25) is 10.0 Å². The standard InChI is InChI=1S/C16H24N2O3S/c1-14-4-3-5-15(10-14)22(19,20)18-8-9-21-13-16(12-18)6-7-17(2)11-16/h3-5,10H,6-9,11-13H2,1-2H3/t16-/m0/s1. The smallest absolute Gasteiger partial charge is 0.243 e. The molecule has 2 aliphatic heterocycles. The molecule has 122 valence electrons. The van der Waals surface area contributed by atoms with E-state index in [-0.39, 0.29) is 5.41 Å². The Hall–Kier alpha value is -0.950. The van der Waals surface area contributed by atoms with Crippen LogP contribution in [0.15, 0.2) is 29.2 Å². The van der Waals surface area contributed by atoms with Gasteiger partial charge in [0.25, 0.3) is 0 Å². The molecule has 5 nitrogen and oxygen atoms in total. The van der Waals surface area contributed by atoms with Crippen molar-refractivity contribution in [3.8, 4) is 0 Å². The van der Waals surface area contributed by atoms with Gasteiger partial charge in [0.05, 0.1) is 18.1 Å². The number of aryl methyl sites for hydroxylation is 1. The van der Waals surface area contributed by atoms with Gasteiger partial charge in [-0.15, -0.1) is 0 Å². The highest BCUT2D eigenvalue weighted by molar-refractivity contribution is 7.89. The van der Waals surface area contributed by atoms with Gasteiger partial charge in [-0.05, 0) is 44.6 Å². The average Bonchev–Trinajstić information content (AvgIpc) is 2.70. The van der Waals surface area contributed by atoms with Gasteiger partial charge < -0.3 is 9.64 Å². The van der Waals surface area contributed by atoms with E-state index in [0.717, 1.165) is 25.1 Å². The molecule has 0 bridgehead atoms. The van der Waals surface area contributed by atoms with Crippen LogP contribution in [0.25, 0.3) is 0 Å². The lowest BCUT2D eigenvalue weighted by Crippen LogP contribution is -2.43. The molecule has 2 saturated heterocycles. The molecular weight excluding hydrogens is 300 g/mol. The van der Waals surface area contributed by atoms with Gasteiger partial charge in [-0.1, -0.05) is 12.1 Å². The fraction of sp³-hybridized carbons (Fsp3) is 0.625. The minimum atomic E-state index is -3.45. The number of benzene rings is 1. The number of hydrogen-bond acceptors (Lipinski definition) is 4. The Labute approximate surface area is 132 Å². The van der Waals surface area contributed by atoms with Crippen molar-refractivity contribution in [1.82, 2.24) is 9.21 Å². The lowest BCUT2D eigenvalue weighted by Gasteiger charge is -2.31. The Morgan fingerprint density at radius 1 is 1.23 bits per heavy atom. The molecule has 0 N–H and O–H groups in total. The van der Waals surface area contributed by atoms with Crippen molar-refractivity contribution < 1.29 is 13.2 Å². The topological polar surface area (TPSA) is 49.9 Å². The first-order chi connectivity index (χ1) is 10.4. The summed E-state index contributed by atoms with van der Waals surface area (Å²) in [5, 5.41) is 0. The zero-order valence-corrected chi connectivity index (χ0v) is 14.1. The van der Waals surface area contributed by atoms with Crippen molar-refractivity contribution in [2.45, 2.75) is 18.2 Å². The van der Waals surface area contributed by atoms with Crippen LogP contribution in [-0.2, 0) is 14.8 Å². The van der Waals surface area contributed by atoms with Gasteiger partial charge in [0, 0.05) is 25.0 Å². The molecule has 3 rings (SSSR count).